The molecule has 0 saturated heterocycles. The number of esters is 4. The molecule has 0 spiro atoms. The second-order valence-electron chi connectivity index (χ2n) is 26.7. The van der Waals surface area contributed by atoms with E-state index < -0.39 is 0 Å². The molecule has 14 nitrogen and oxygen atoms in total. The van der Waals surface area contributed by atoms with Gasteiger partial charge in [0.25, 0.3) is 0 Å². The predicted octanol–water partition coefficient (Wildman–Crippen LogP) is 17.6. The highest BCUT2D eigenvalue weighted by molar-refractivity contribution is 5.75. The molecule has 16 heteroatoms. The number of carbonyl (C=O) groups is 4. The van der Waals surface area contributed by atoms with Gasteiger partial charge in [0, 0.05) is 11.1 Å². The Morgan fingerprint density at radius 3 is 0.969 bits per heavy atom. The van der Waals surface area contributed by atoms with Gasteiger partial charge in [0.15, 0.2) is 0 Å². The van der Waals surface area contributed by atoms with Gasteiger partial charge >= 0.3 is 23.9 Å². The largest absolute Gasteiger partial charge is 0.508 e. The van der Waals surface area contributed by atoms with E-state index in [1.807, 2.05) is 60.7 Å². The summed E-state index contributed by atoms with van der Waals surface area (Å²) in [6, 6.07) is 44.4. The van der Waals surface area contributed by atoms with Crippen molar-refractivity contribution in [1.29, 1.82) is 0 Å². The van der Waals surface area contributed by atoms with E-state index in [9.17, 15) is 38.2 Å². The summed E-state index contributed by atoms with van der Waals surface area (Å²) in [5.74, 6) is 2.82. The van der Waals surface area contributed by atoms with E-state index in [4.69, 9.17) is 28.4 Å². The smallest absolute Gasteiger partial charge is 0.306 e. The Balaban J connectivity index is 0.000000197. The first-order chi connectivity index (χ1) is 45.8. The van der Waals surface area contributed by atoms with Gasteiger partial charge in [-0.15, -0.1) is 0 Å². The summed E-state index contributed by atoms with van der Waals surface area (Å²) in [6.45, 7) is 13.5. The van der Waals surface area contributed by atoms with Crippen LogP contribution in [0.3, 0.4) is 0 Å². The topological polar surface area (TPSA) is 183 Å². The van der Waals surface area contributed by atoms with Crippen molar-refractivity contribution < 1.29 is 76.1 Å². The summed E-state index contributed by atoms with van der Waals surface area (Å²) in [5.41, 5.74) is 15.8. The van der Waals surface area contributed by atoms with Crippen LogP contribution in [-0.4, -0.2) is 76.7 Å². The first kappa shape index (κ1) is 75.7. The van der Waals surface area contributed by atoms with Crippen LogP contribution in [0.4, 0.5) is 8.78 Å². The van der Waals surface area contributed by atoms with Crippen molar-refractivity contribution in [3.63, 3.8) is 0 Å². The van der Waals surface area contributed by atoms with Crippen molar-refractivity contribution in [3.05, 3.63) is 224 Å². The molecule has 12 rings (SSSR count). The number of rotatable bonds is 18. The lowest BCUT2D eigenvalue weighted by atomic mass is 9.76. The minimum absolute atomic E-state index is 0. The Morgan fingerprint density at radius 1 is 0.378 bits per heavy atom. The molecular formula is C82H94F2O14. The van der Waals surface area contributed by atoms with Gasteiger partial charge in [-0.1, -0.05) is 117 Å². The Kier molecular flexibility index (Phi) is 25.5. The molecule has 98 heavy (non-hydrogen) atoms. The fraction of sp³-hybridized carbons (Fsp3) is 0.366. The Morgan fingerprint density at radius 2 is 0.673 bits per heavy atom. The number of phenolic OH excluding ortho intramolecular Hbond substituents is 2. The number of fused-ring (bicyclic) bond motifs is 4. The van der Waals surface area contributed by atoms with Gasteiger partial charge in [-0.25, -0.2) is 8.78 Å². The molecule has 4 aliphatic rings. The van der Waals surface area contributed by atoms with E-state index in [2.05, 4.69) is 75.3 Å². The van der Waals surface area contributed by atoms with Crippen LogP contribution in [0.25, 0.3) is 22.3 Å². The van der Waals surface area contributed by atoms with Crippen LogP contribution in [0.1, 0.15) is 173 Å². The van der Waals surface area contributed by atoms with Crippen molar-refractivity contribution in [1.82, 2.24) is 0 Å². The average Bonchev–Trinajstić information content (AvgIpc) is 0.814. The normalized spacial score (nSPS) is 15.4. The summed E-state index contributed by atoms with van der Waals surface area (Å²) >= 11 is 0. The lowest BCUT2D eigenvalue weighted by molar-refractivity contribution is -0.142. The molecule has 0 radical (unpaired) electrons. The van der Waals surface area contributed by atoms with Crippen LogP contribution in [0.5, 0.6) is 34.5 Å². The molecule has 0 unspecified atom stereocenters. The number of hydrogen-bond donors (Lipinski definition) is 2. The second-order valence-corrected chi connectivity index (χ2v) is 26.7. The average molecular weight is 1340 g/mol. The van der Waals surface area contributed by atoms with E-state index >= 15 is 0 Å². The third-order valence-electron chi connectivity index (χ3n) is 18.2. The van der Waals surface area contributed by atoms with E-state index in [0.717, 1.165) is 92.8 Å². The summed E-state index contributed by atoms with van der Waals surface area (Å²) in [6.07, 6.45) is 5.20. The van der Waals surface area contributed by atoms with Crippen molar-refractivity contribution in [2.45, 2.75) is 155 Å². The predicted molar refractivity (Wildman–Crippen MR) is 378 cm³/mol. The molecule has 2 N–H and O–H groups in total. The van der Waals surface area contributed by atoms with Crippen molar-refractivity contribution in [2.75, 3.05) is 42.7 Å². The molecule has 0 heterocycles. The fourth-order valence-electron chi connectivity index (χ4n) is 12.7. The number of ether oxygens (including phenoxy) is 8. The van der Waals surface area contributed by atoms with Gasteiger partial charge in [0.2, 0.25) is 0 Å². The molecule has 520 valence electrons. The van der Waals surface area contributed by atoms with E-state index in [-0.39, 0.29) is 96.4 Å². The zero-order valence-corrected chi connectivity index (χ0v) is 56.8. The highest BCUT2D eigenvalue weighted by atomic mass is 19.1. The first-order valence-electron chi connectivity index (χ1n) is 32.2. The number of halogens is 2. The molecule has 0 fully saturated rings. The lowest BCUT2D eigenvalue weighted by Crippen LogP contribution is -2.21. The van der Waals surface area contributed by atoms with Crippen molar-refractivity contribution in [3.8, 4) is 56.8 Å². The number of carbonyl (C=O) groups excluding carboxylic acids is 4. The zero-order valence-electron chi connectivity index (χ0n) is 56.8. The fourth-order valence-corrected chi connectivity index (χ4v) is 12.7. The summed E-state index contributed by atoms with van der Waals surface area (Å²) in [5, 5.41) is 18.5. The molecule has 0 aromatic heterocycles. The molecule has 0 aliphatic heterocycles. The molecule has 4 aliphatic carbocycles. The first-order valence-corrected chi connectivity index (χ1v) is 32.2. The quantitative estimate of drug-likeness (QED) is 0.0611. The van der Waals surface area contributed by atoms with E-state index in [1.54, 1.807) is 62.8 Å². The Bertz CT molecular complexity index is 3880. The third kappa shape index (κ3) is 18.5. The van der Waals surface area contributed by atoms with Crippen LogP contribution in [0.2, 0.25) is 0 Å². The lowest BCUT2D eigenvalue weighted by Gasteiger charge is -2.30. The van der Waals surface area contributed by atoms with Gasteiger partial charge < -0.3 is 48.1 Å². The summed E-state index contributed by atoms with van der Waals surface area (Å²) in [4.78, 5) is 45.3. The van der Waals surface area contributed by atoms with Gasteiger partial charge in [0.05, 0.1) is 68.3 Å². The molecule has 8 aromatic carbocycles. The van der Waals surface area contributed by atoms with E-state index in [1.165, 1.54) is 62.8 Å². The van der Waals surface area contributed by atoms with Crippen molar-refractivity contribution in [2.24, 2.45) is 0 Å². The molecule has 0 bridgehead atoms. The van der Waals surface area contributed by atoms with Gasteiger partial charge in [0.1, 0.15) is 59.3 Å². The van der Waals surface area contributed by atoms with E-state index in [0.29, 0.717) is 61.5 Å². The van der Waals surface area contributed by atoms with Crippen LogP contribution in [0.15, 0.2) is 146 Å². The summed E-state index contributed by atoms with van der Waals surface area (Å²) in [7, 11) is 8.78. The Labute approximate surface area is 576 Å². The standard InChI is InChI=1S/2C29H31FO4.2C11H12O3.2CH4/c2*1-29(2,3)26-12-18(6-10-23(26)25-15-21(32-4)9-11-27(25)30)17-34-22-8-7-19-13-20(24(19)16-22)14-28(31)33-5;2*1-14-11(13)5-8-4-7-2-3-9(12)6-10(7)8;;/h2*6-12,15-16,20H,13-14,17H2,1-5H3;2*2-3,6,8,12H,4-5H2,1H3;2*1H4/t2*20-;2*8-;;/m1010../s1. The maximum Gasteiger partial charge on any atom is 0.306 e. The number of phenols is 2. The van der Waals surface area contributed by atoms with Crippen LogP contribution in [0, 0.1) is 11.6 Å². The maximum atomic E-state index is 14.7. The number of aromatic hydroxyl groups is 2. The summed E-state index contributed by atoms with van der Waals surface area (Å²) < 4.78 is 71.1. The molecule has 8 aromatic rings. The molecular weight excluding hydrogens is 1250 g/mol. The third-order valence-corrected chi connectivity index (χ3v) is 18.2. The minimum Gasteiger partial charge on any atom is -0.508 e. The van der Waals surface area contributed by atoms with Crippen LogP contribution in [-0.2, 0) is 87.9 Å². The van der Waals surface area contributed by atoms with Gasteiger partial charge in [-0.2, -0.15) is 0 Å². The van der Waals surface area contributed by atoms with Crippen LogP contribution < -0.4 is 18.9 Å². The highest BCUT2D eigenvalue weighted by Crippen LogP contribution is 2.45. The molecule has 0 amide bonds. The van der Waals surface area contributed by atoms with Gasteiger partial charge in [-0.05, 0) is 223 Å². The SMILES string of the molecule is C.C.COC(=O)C[C@@H]1Cc2ccc(O)cc21.COC(=O)C[C@@H]1Cc2ccc(OCc3ccc(-c4cc(OC)ccc4F)c(C(C)(C)C)c3)cc21.COC(=O)C[C@H]1Cc2ccc(O)cc21.COC(=O)C[C@H]1Cc2ccc(OCc3ccc(-c4cc(OC)ccc4F)c(C(C)(C)C)c3)cc21. The van der Waals surface area contributed by atoms with Crippen molar-refractivity contribution >= 4 is 23.9 Å². The van der Waals surface area contributed by atoms with Crippen LogP contribution >= 0.6 is 0 Å². The number of benzene rings is 8. The number of hydrogen-bond acceptors (Lipinski definition) is 14. The molecule has 4 atom stereocenters. The van der Waals surface area contributed by atoms with Gasteiger partial charge in [-0.3, -0.25) is 19.2 Å². The second kappa shape index (κ2) is 33.0. The number of methoxy groups -OCH3 is 6. The zero-order chi connectivity index (χ0) is 69.2. The molecule has 0 saturated carbocycles. The highest BCUT2D eigenvalue weighted by Gasteiger charge is 2.33. The minimum atomic E-state index is -0.279. The maximum absolute atomic E-state index is 14.7. The Hall–Kier alpha value is -9.70. The monoisotopic (exact) mass is 1340 g/mol.